The maximum absolute atomic E-state index is 9.51. The highest BCUT2D eigenvalue weighted by atomic mass is 16.3. The summed E-state index contributed by atoms with van der Waals surface area (Å²) in [4.78, 5) is 9.25. The number of hydrogen-bond donors (Lipinski definition) is 1. The topological polar surface area (TPSA) is 39.6 Å². The minimum atomic E-state index is 0.269. The quantitative estimate of drug-likeness (QED) is 0.827. The minimum Gasteiger partial charge on any atom is -0.508 e. The van der Waals surface area contributed by atoms with Gasteiger partial charge in [0.25, 0.3) is 0 Å². The Labute approximate surface area is 106 Å². The van der Waals surface area contributed by atoms with E-state index in [9.17, 15) is 5.11 Å². The molecule has 4 heteroatoms. The summed E-state index contributed by atoms with van der Waals surface area (Å²) >= 11 is 0. The SMILES string of the molecule is CN1CCN(c2ccc3ccc(O)cc3n2)CC1. The van der Waals surface area contributed by atoms with Gasteiger partial charge in [-0.05, 0) is 31.3 Å². The molecule has 1 N–H and O–H groups in total. The summed E-state index contributed by atoms with van der Waals surface area (Å²) in [5.41, 5.74) is 0.853. The number of fused-ring (bicyclic) bond motifs is 1. The van der Waals surface area contributed by atoms with Gasteiger partial charge in [0.15, 0.2) is 0 Å². The third-order valence-corrected chi connectivity index (χ3v) is 3.49. The fraction of sp³-hybridized carbons (Fsp3) is 0.357. The molecule has 3 rings (SSSR count). The molecule has 0 atom stereocenters. The van der Waals surface area contributed by atoms with Crippen LogP contribution in [0.4, 0.5) is 5.82 Å². The van der Waals surface area contributed by atoms with Crippen molar-refractivity contribution in [2.24, 2.45) is 0 Å². The van der Waals surface area contributed by atoms with Crippen molar-refractivity contribution in [1.82, 2.24) is 9.88 Å². The van der Waals surface area contributed by atoms with Crippen molar-refractivity contribution in [3.63, 3.8) is 0 Å². The van der Waals surface area contributed by atoms with E-state index >= 15 is 0 Å². The number of pyridine rings is 1. The lowest BCUT2D eigenvalue weighted by atomic mass is 10.2. The van der Waals surface area contributed by atoms with Crippen LogP contribution in [0.1, 0.15) is 0 Å². The van der Waals surface area contributed by atoms with Crippen LogP contribution in [-0.2, 0) is 0 Å². The molecular weight excluding hydrogens is 226 g/mol. The second-order valence-electron chi connectivity index (χ2n) is 4.84. The van der Waals surface area contributed by atoms with Gasteiger partial charge in [0.05, 0.1) is 5.52 Å². The molecule has 2 heterocycles. The van der Waals surface area contributed by atoms with E-state index in [-0.39, 0.29) is 5.75 Å². The number of nitrogens with zero attached hydrogens (tertiary/aromatic N) is 3. The van der Waals surface area contributed by atoms with E-state index < -0.39 is 0 Å². The molecule has 1 aliphatic heterocycles. The van der Waals surface area contributed by atoms with Crippen molar-refractivity contribution in [3.05, 3.63) is 30.3 Å². The zero-order valence-corrected chi connectivity index (χ0v) is 10.5. The molecule has 1 aliphatic rings. The number of phenolic OH excluding ortho intramolecular Hbond substituents is 1. The largest absolute Gasteiger partial charge is 0.508 e. The molecule has 0 radical (unpaired) electrons. The summed E-state index contributed by atoms with van der Waals surface area (Å²) in [7, 11) is 2.14. The molecule has 1 fully saturated rings. The Morgan fingerprint density at radius 1 is 1.06 bits per heavy atom. The maximum atomic E-state index is 9.51. The highest BCUT2D eigenvalue weighted by Crippen LogP contribution is 2.22. The molecule has 0 aliphatic carbocycles. The third-order valence-electron chi connectivity index (χ3n) is 3.49. The maximum Gasteiger partial charge on any atom is 0.129 e. The summed E-state index contributed by atoms with van der Waals surface area (Å²) in [6.07, 6.45) is 0. The lowest BCUT2D eigenvalue weighted by Crippen LogP contribution is -2.44. The van der Waals surface area contributed by atoms with Gasteiger partial charge in [-0.1, -0.05) is 0 Å². The summed E-state index contributed by atoms with van der Waals surface area (Å²) in [5.74, 6) is 1.27. The number of likely N-dealkylation sites (N-methyl/N-ethyl adjacent to an activating group) is 1. The Bertz CT molecular complexity index is 562. The van der Waals surface area contributed by atoms with Crippen LogP contribution in [0, 0.1) is 0 Å². The average Bonchev–Trinajstić information content (AvgIpc) is 2.38. The molecule has 4 nitrogen and oxygen atoms in total. The van der Waals surface area contributed by atoms with Gasteiger partial charge in [0, 0.05) is 37.6 Å². The fourth-order valence-corrected chi connectivity index (χ4v) is 2.31. The van der Waals surface area contributed by atoms with Crippen LogP contribution < -0.4 is 4.90 Å². The van der Waals surface area contributed by atoms with Gasteiger partial charge in [-0.2, -0.15) is 0 Å². The molecular formula is C14H17N3O. The normalized spacial score (nSPS) is 17.3. The second kappa shape index (κ2) is 4.46. The van der Waals surface area contributed by atoms with Crippen LogP contribution in [0.2, 0.25) is 0 Å². The highest BCUT2D eigenvalue weighted by Gasteiger charge is 2.15. The first-order chi connectivity index (χ1) is 8.72. The predicted octanol–water partition coefficient (Wildman–Crippen LogP) is 1.69. The van der Waals surface area contributed by atoms with Crippen LogP contribution in [0.5, 0.6) is 5.75 Å². The van der Waals surface area contributed by atoms with Crippen molar-refractivity contribution >= 4 is 16.7 Å². The summed E-state index contributed by atoms with van der Waals surface area (Å²) < 4.78 is 0. The molecule has 0 saturated carbocycles. The van der Waals surface area contributed by atoms with Crippen LogP contribution in [0.3, 0.4) is 0 Å². The molecule has 0 spiro atoms. The molecule has 0 amide bonds. The summed E-state index contributed by atoms with van der Waals surface area (Å²) in [6.45, 7) is 4.15. The second-order valence-corrected chi connectivity index (χ2v) is 4.84. The van der Waals surface area contributed by atoms with Gasteiger partial charge in [0.2, 0.25) is 0 Å². The summed E-state index contributed by atoms with van der Waals surface area (Å²) in [6, 6.07) is 9.43. The Morgan fingerprint density at radius 3 is 2.56 bits per heavy atom. The van der Waals surface area contributed by atoms with E-state index in [1.165, 1.54) is 0 Å². The Kier molecular flexibility index (Phi) is 2.80. The Hall–Kier alpha value is -1.81. The van der Waals surface area contributed by atoms with Crippen molar-refractivity contribution < 1.29 is 5.11 Å². The van der Waals surface area contributed by atoms with E-state index in [1.54, 1.807) is 12.1 Å². The Balaban J connectivity index is 1.92. The first-order valence-electron chi connectivity index (χ1n) is 6.26. The molecule has 1 aromatic heterocycles. The van der Waals surface area contributed by atoms with Gasteiger partial charge in [0.1, 0.15) is 11.6 Å². The van der Waals surface area contributed by atoms with Gasteiger partial charge in [-0.15, -0.1) is 0 Å². The molecule has 2 aromatic rings. The molecule has 94 valence electrons. The molecule has 1 saturated heterocycles. The number of aromatic hydroxyl groups is 1. The van der Waals surface area contributed by atoms with Gasteiger partial charge >= 0.3 is 0 Å². The molecule has 18 heavy (non-hydrogen) atoms. The fourth-order valence-electron chi connectivity index (χ4n) is 2.31. The Morgan fingerprint density at radius 2 is 1.78 bits per heavy atom. The van der Waals surface area contributed by atoms with Crippen molar-refractivity contribution in [2.75, 3.05) is 38.1 Å². The number of rotatable bonds is 1. The van der Waals surface area contributed by atoms with E-state index in [0.29, 0.717) is 0 Å². The van der Waals surface area contributed by atoms with Crippen LogP contribution in [0.25, 0.3) is 10.9 Å². The van der Waals surface area contributed by atoms with Crippen molar-refractivity contribution in [3.8, 4) is 5.75 Å². The zero-order valence-electron chi connectivity index (χ0n) is 10.5. The van der Waals surface area contributed by atoms with E-state index in [0.717, 1.165) is 42.9 Å². The zero-order chi connectivity index (χ0) is 12.5. The number of piperazine rings is 1. The minimum absolute atomic E-state index is 0.269. The van der Waals surface area contributed by atoms with Gasteiger partial charge in [-0.25, -0.2) is 4.98 Å². The van der Waals surface area contributed by atoms with Crippen molar-refractivity contribution in [2.45, 2.75) is 0 Å². The predicted molar refractivity (Wildman–Crippen MR) is 73.1 cm³/mol. The molecule has 1 aromatic carbocycles. The third kappa shape index (κ3) is 2.11. The van der Waals surface area contributed by atoms with Crippen LogP contribution in [-0.4, -0.2) is 48.2 Å². The van der Waals surface area contributed by atoms with Crippen LogP contribution in [0.15, 0.2) is 30.3 Å². The number of anilines is 1. The van der Waals surface area contributed by atoms with E-state index in [2.05, 4.69) is 34.0 Å². The van der Waals surface area contributed by atoms with Crippen molar-refractivity contribution in [1.29, 1.82) is 0 Å². The molecule has 0 unspecified atom stereocenters. The monoisotopic (exact) mass is 243 g/mol. The average molecular weight is 243 g/mol. The lowest BCUT2D eigenvalue weighted by molar-refractivity contribution is 0.312. The number of benzene rings is 1. The highest BCUT2D eigenvalue weighted by molar-refractivity contribution is 5.81. The smallest absolute Gasteiger partial charge is 0.129 e. The number of phenols is 1. The van der Waals surface area contributed by atoms with Crippen LogP contribution >= 0.6 is 0 Å². The lowest BCUT2D eigenvalue weighted by Gasteiger charge is -2.33. The van der Waals surface area contributed by atoms with E-state index in [1.807, 2.05) is 6.07 Å². The first-order valence-corrected chi connectivity index (χ1v) is 6.26. The molecule has 0 bridgehead atoms. The number of hydrogen-bond acceptors (Lipinski definition) is 4. The van der Waals surface area contributed by atoms with Gasteiger partial charge in [-0.3, -0.25) is 0 Å². The van der Waals surface area contributed by atoms with E-state index in [4.69, 9.17) is 0 Å². The first kappa shape index (κ1) is 11.3. The summed E-state index contributed by atoms with van der Waals surface area (Å²) in [5, 5.41) is 10.6. The van der Waals surface area contributed by atoms with Gasteiger partial charge < -0.3 is 14.9 Å². The number of aromatic nitrogens is 1. The standard InChI is InChI=1S/C14H17N3O/c1-16-6-8-17(9-7-16)14-5-3-11-2-4-12(18)10-13(11)15-14/h2-5,10,18H,6-9H2,1H3.